The highest BCUT2D eigenvalue weighted by atomic mass is 32.2. The summed E-state index contributed by atoms with van der Waals surface area (Å²) in [5, 5.41) is 3.21. The molecule has 3 rings (SSSR count). The number of rotatable bonds is 3. The van der Waals surface area contributed by atoms with Crippen molar-refractivity contribution >= 4 is 15.7 Å². The predicted molar refractivity (Wildman–Crippen MR) is 83.9 cm³/mol. The highest BCUT2D eigenvalue weighted by molar-refractivity contribution is 7.92. The molecule has 2 heterocycles. The normalized spacial score (nSPS) is 18.3. The number of benzene rings is 1. The molecule has 2 aromatic rings. The smallest absolute Gasteiger partial charge is 0.259 e. The molecule has 122 valence electrons. The van der Waals surface area contributed by atoms with Gasteiger partial charge in [0.1, 0.15) is 11.3 Å². The Labute approximate surface area is 135 Å². The number of hydrogen-bond donors (Lipinski definition) is 0. The maximum Gasteiger partial charge on any atom is 0.259 e. The Morgan fingerprint density at radius 3 is 2.57 bits per heavy atom. The van der Waals surface area contributed by atoms with E-state index < -0.39 is 15.1 Å². The van der Waals surface area contributed by atoms with Crippen LogP contribution in [0.5, 0.6) is 0 Å². The van der Waals surface area contributed by atoms with Gasteiger partial charge in [0.2, 0.25) is 0 Å². The molecule has 23 heavy (non-hydrogen) atoms. The summed E-state index contributed by atoms with van der Waals surface area (Å²) in [5.41, 5.74) is 0.963. The summed E-state index contributed by atoms with van der Waals surface area (Å²) in [5.74, 6) is 0.244. The summed E-state index contributed by atoms with van der Waals surface area (Å²) in [6, 6.07) is 8.37. The van der Waals surface area contributed by atoms with Gasteiger partial charge in [-0.2, -0.15) is 0 Å². The van der Waals surface area contributed by atoms with Gasteiger partial charge in [-0.15, -0.1) is 0 Å². The van der Waals surface area contributed by atoms with E-state index in [2.05, 4.69) is 5.16 Å². The lowest BCUT2D eigenvalue weighted by Gasteiger charge is -2.16. The van der Waals surface area contributed by atoms with Crippen molar-refractivity contribution < 1.29 is 17.7 Å². The van der Waals surface area contributed by atoms with Crippen molar-refractivity contribution in [2.45, 2.75) is 30.4 Å². The van der Waals surface area contributed by atoms with Crippen LogP contribution in [0.3, 0.4) is 0 Å². The number of carbonyl (C=O) groups is 1. The van der Waals surface area contributed by atoms with Crippen LogP contribution >= 0.6 is 0 Å². The summed E-state index contributed by atoms with van der Waals surface area (Å²) in [7, 11) is -3.43. The SMILES string of the molecule is Cc1noc(C)c1C(=O)N1CCC(S(=O)(=O)c2ccccc2)C1. The fourth-order valence-electron chi connectivity index (χ4n) is 2.91. The molecule has 6 nitrogen and oxygen atoms in total. The fraction of sp³-hybridized carbons (Fsp3) is 0.375. The minimum atomic E-state index is -3.43. The summed E-state index contributed by atoms with van der Waals surface area (Å²) in [6.45, 7) is 4.00. The molecule has 1 fully saturated rings. The Balaban J connectivity index is 1.80. The van der Waals surface area contributed by atoms with Crippen LogP contribution in [-0.4, -0.2) is 42.7 Å². The predicted octanol–water partition coefficient (Wildman–Crippen LogP) is 1.98. The maximum atomic E-state index is 12.7. The molecule has 1 aliphatic rings. The number of hydrogen-bond acceptors (Lipinski definition) is 5. The molecule has 0 radical (unpaired) electrons. The molecule has 1 aromatic carbocycles. The molecule has 0 spiro atoms. The monoisotopic (exact) mass is 334 g/mol. The van der Waals surface area contributed by atoms with Gasteiger partial charge in [0.15, 0.2) is 9.84 Å². The van der Waals surface area contributed by atoms with E-state index >= 15 is 0 Å². The second-order valence-electron chi connectivity index (χ2n) is 5.72. The third-order valence-electron chi connectivity index (χ3n) is 4.19. The van der Waals surface area contributed by atoms with Gasteiger partial charge >= 0.3 is 0 Å². The van der Waals surface area contributed by atoms with Crippen molar-refractivity contribution in [3.8, 4) is 0 Å². The zero-order valence-corrected chi connectivity index (χ0v) is 13.8. The van der Waals surface area contributed by atoms with Crippen molar-refractivity contribution in [2.24, 2.45) is 0 Å². The number of amides is 1. The number of sulfone groups is 1. The first-order valence-electron chi connectivity index (χ1n) is 7.42. The molecule has 1 amide bonds. The quantitative estimate of drug-likeness (QED) is 0.857. The summed E-state index contributed by atoms with van der Waals surface area (Å²) >= 11 is 0. The van der Waals surface area contributed by atoms with E-state index in [1.54, 1.807) is 49.1 Å². The molecular weight excluding hydrogens is 316 g/mol. The van der Waals surface area contributed by atoms with Crippen molar-refractivity contribution in [1.82, 2.24) is 10.1 Å². The third kappa shape index (κ3) is 2.76. The van der Waals surface area contributed by atoms with Crippen LogP contribution in [0.2, 0.25) is 0 Å². The fourth-order valence-corrected chi connectivity index (χ4v) is 4.63. The number of carbonyl (C=O) groups excluding carboxylic acids is 1. The average molecular weight is 334 g/mol. The van der Waals surface area contributed by atoms with Crippen LogP contribution in [0, 0.1) is 13.8 Å². The van der Waals surface area contributed by atoms with Gasteiger partial charge in [0.25, 0.3) is 5.91 Å². The van der Waals surface area contributed by atoms with E-state index in [0.717, 1.165) is 0 Å². The van der Waals surface area contributed by atoms with E-state index in [4.69, 9.17) is 4.52 Å². The first-order valence-corrected chi connectivity index (χ1v) is 8.97. The van der Waals surface area contributed by atoms with Gasteiger partial charge in [-0.25, -0.2) is 8.42 Å². The second-order valence-corrected chi connectivity index (χ2v) is 7.95. The Morgan fingerprint density at radius 1 is 1.26 bits per heavy atom. The first-order chi connectivity index (χ1) is 10.9. The molecule has 1 saturated heterocycles. The van der Waals surface area contributed by atoms with Crippen LogP contribution in [0.4, 0.5) is 0 Å². The first kappa shape index (κ1) is 15.7. The summed E-state index contributed by atoms with van der Waals surface area (Å²) < 4.78 is 30.3. The van der Waals surface area contributed by atoms with E-state index in [-0.39, 0.29) is 12.5 Å². The Hall–Kier alpha value is -2.15. The average Bonchev–Trinajstić information content (AvgIpc) is 3.15. The lowest BCUT2D eigenvalue weighted by atomic mass is 10.2. The summed E-state index contributed by atoms with van der Waals surface area (Å²) in [4.78, 5) is 14.5. The molecule has 1 atom stereocenters. The highest BCUT2D eigenvalue weighted by Crippen LogP contribution is 2.26. The summed E-state index contributed by atoms with van der Waals surface area (Å²) in [6.07, 6.45) is 0.437. The molecule has 7 heteroatoms. The number of aromatic nitrogens is 1. The molecule has 1 aliphatic heterocycles. The molecule has 1 aromatic heterocycles. The maximum absolute atomic E-state index is 12.7. The van der Waals surface area contributed by atoms with Crippen molar-refractivity contribution in [3.05, 3.63) is 47.3 Å². The number of nitrogens with zero attached hydrogens (tertiary/aromatic N) is 2. The Bertz CT molecular complexity index is 808. The van der Waals surface area contributed by atoms with Crippen LogP contribution < -0.4 is 0 Å². The number of aryl methyl sites for hydroxylation is 2. The van der Waals surface area contributed by atoms with Crippen molar-refractivity contribution in [1.29, 1.82) is 0 Å². The third-order valence-corrected chi connectivity index (χ3v) is 6.38. The molecule has 0 saturated carbocycles. The van der Waals surface area contributed by atoms with Gasteiger partial charge < -0.3 is 9.42 Å². The molecule has 0 aliphatic carbocycles. The van der Waals surface area contributed by atoms with E-state index in [1.165, 1.54) is 0 Å². The van der Waals surface area contributed by atoms with Gasteiger partial charge in [0, 0.05) is 13.1 Å². The topological polar surface area (TPSA) is 80.5 Å². The van der Waals surface area contributed by atoms with Crippen molar-refractivity contribution in [2.75, 3.05) is 13.1 Å². The van der Waals surface area contributed by atoms with Crippen LogP contribution in [0.1, 0.15) is 28.2 Å². The molecule has 1 unspecified atom stereocenters. The molecular formula is C16H18N2O4S. The van der Waals surface area contributed by atoms with Gasteiger partial charge in [0.05, 0.1) is 15.8 Å². The van der Waals surface area contributed by atoms with Crippen LogP contribution in [0.25, 0.3) is 0 Å². The molecule has 0 bridgehead atoms. The van der Waals surface area contributed by atoms with Gasteiger partial charge in [-0.3, -0.25) is 4.79 Å². The highest BCUT2D eigenvalue weighted by Gasteiger charge is 2.37. The standard InChI is InChI=1S/C16H18N2O4S/c1-11-15(12(2)22-17-11)16(19)18-9-8-14(10-18)23(20,21)13-6-4-3-5-7-13/h3-7,14H,8-10H2,1-2H3. The zero-order valence-electron chi connectivity index (χ0n) is 13.0. The largest absolute Gasteiger partial charge is 0.361 e. The van der Waals surface area contributed by atoms with Crippen LogP contribution in [0.15, 0.2) is 39.8 Å². The zero-order chi connectivity index (χ0) is 16.6. The van der Waals surface area contributed by atoms with Crippen LogP contribution in [-0.2, 0) is 9.84 Å². The lowest BCUT2D eigenvalue weighted by Crippen LogP contribution is -2.32. The minimum Gasteiger partial charge on any atom is -0.361 e. The van der Waals surface area contributed by atoms with Gasteiger partial charge in [-0.05, 0) is 32.4 Å². The van der Waals surface area contributed by atoms with Gasteiger partial charge in [-0.1, -0.05) is 23.4 Å². The van der Waals surface area contributed by atoms with Crippen molar-refractivity contribution in [3.63, 3.8) is 0 Å². The van der Waals surface area contributed by atoms with E-state index in [0.29, 0.717) is 34.9 Å². The number of likely N-dealkylation sites (tertiary alicyclic amines) is 1. The molecule has 0 N–H and O–H groups in total. The Morgan fingerprint density at radius 2 is 1.96 bits per heavy atom. The lowest BCUT2D eigenvalue weighted by molar-refractivity contribution is 0.0791. The second kappa shape index (κ2) is 5.81. The Kier molecular flexibility index (Phi) is 3.97. The van der Waals surface area contributed by atoms with E-state index in [1.807, 2.05) is 0 Å². The van der Waals surface area contributed by atoms with E-state index in [9.17, 15) is 13.2 Å². The minimum absolute atomic E-state index is 0.195.